The average molecular weight is 196 g/mol. The summed E-state index contributed by atoms with van der Waals surface area (Å²) in [4.78, 5) is 15.2. The van der Waals surface area contributed by atoms with Crippen molar-refractivity contribution in [3.63, 3.8) is 0 Å². The lowest BCUT2D eigenvalue weighted by atomic mass is 10.3. The molecule has 0 radical (unpaired) electrons. The Kier molecular flexibility index (Phi) is 4.03. The summed E-state index contributed by atoms with van der Waals surface area (Å²) in [6, 6.07) is 4.31. The van der Waals surface area contributed by atoms with Gasteiger partial charge in [-0.3, -0.25) is 9.78 Å². The van der Waals surface area contributed by atoms with Crippen molar-refractivity contribution in [1.29, 1.82) is 0 Å². The predicted molar refractivity (Wildman–Crippen MR) is 49.7 cm³/mol. The zero-order valence-corrected chi connectivity index (χ0v) is 7.55. The van der Waals surface area contributed by atoms with E-state index in [1.807, 2.05) is 0 Å². The molecule has 0 aliphatic heterocycles. The molecule has 0 unspecified atom stereocenters. The van der Waals surface area contributed by atoms with Crippen LogP contribution in [-0.2, 0) is 0 Å². The van der Waals surface area contributed by atoms with E-state index in [2.05, 4.69) is 10.3 Å². The van der Waals surface area contributed by atoms with Crippen LogP contribution < -0.4 is 5.32 Å². The van der Waals surface area contributed by atoms with Gasteiger partial charge in [0.25, 0.3) is 5.91 Å². The molecule has 5 nitrogen and oxygen atoms in total. The van der Waals surface area contributed by atoms with Crippen LogP contribution in [0.15, 0.2) is 24.4 Å². The largest absolute Gasteiger partial charge is 0.394 e. The Balaban J connectivity index is 2.59. The molecule has 0 aliphatic rings. The lowest BCUT2D eigenvalue weighted by Gasteiger charge is -2.12. The van der Waals surface area contributed by atoms with Gasteiger partial charge in [-0.15, -0.1) is 0 Å². The predicted octanol–water partition coefficient (Wildman–Crippen LogP) is -0.835. The van der Waals surface area contributed by atoms with E-state index < -0.39 is 11.9 Å². The molecule has 3 N–H and O–H groups in total. The first-order valence-electron chi connectivity index (χ1n) is 4.21. The fourth-order valence-corrected chi connectivity index (χ4v) is 0.905. The standard InChI is InChI=1S/C9H12N2O3/c12-5-7(6-13)11-9(14)8-3-1-2-4-10-8/h1-4,7,12-13H,5-6H2,(H,11,14). The molecule has 0 atom stereocenters. The molecule has 1 aromatic heterocycles. The minimum atomic E-state index is -0.635. The Hall–Kier alpha value is -1.46. The van der Waals surface area contributed by atoms with Crippen molar-refractivity contribution in [1.82, 2.24) is 10.3 Å². The molecule has 0 fully saturated rings. The number of amides is 1. The SMILES string of the molecule is O=C(NC(CO)CO)c1ccccn1. The summed E-state index contributed by atoms with van der Waals surface area (Å²) in [7, 11) is 0. The molecule has 5 heteroatoms. The smallest absolute Gasteiger partial charge is 0.270 e. The second-order valence-corrected chi connectivity index (χ2v) is 2.75. The molecule has 0 aliphatic carbocycles. The van der Waals surface area contributed by atoms with E-state index in [0.29, 0.717) is 0 Å². The van der Waals surface area contributed by atoms with Crippen LogP contribution in [0.3, 0.4) is 0 Å². The topological polar surface area (TPSA) is 82.5 Å². The van der Waals surface area contributed by atoms with Gasteiger partial charge in [-0.1, -0.05) is 6.07 Å². The van der Waals surface area contributed by atoms with E-state index in [9.17, 15) is 4.79 Å². The van der Waals surface area contributed by atoms with Gasteiger partial charge >= 0.3 is 0 Å². The summed E-state index contributed by atoms with van der Waals surface area (Å²) in [6.07, 6.45) is 1.50. The van der Waals surface area contributed by atoms with Crippen LogP contribution in [0.2, 0.25) is 0 Å². The van der Waals surface area contributed by atoms with Gasteiger partial charge in [0.05, 0.1) is 19.3 Å². The van der Waals surface area contributed by atoms with Gasteiger partial charge in [0.2, 0.25) is 0 Å². The van der Waals surface area contributed by atoms with Crippen LogP contribution in [0.5, 0.6) is 0 Å². The lowest BCUT2D eigenvalue weighted by molar-refractivity contribution is 0.0874. The van der Waals surface area contributed by atoms with Crippen molar-refractivity contribution in [3.8, 4) is 0 Å². The van der Waals surface area contributed by atoms with Gasteiger partial charge in [-0.2, -0.15) is 0 Å². The molecule has 0 bridgehead atoms. The van der Waals surface area contributed by atoms with Gasteiger partial charge in [-0.05, 0) is 12.1 Å². The fourth-order valence-electron chi connectivity index (χ4n) is 0.905. The van der Waals surface area contributed by atoms with E-state index in [4.69, 9.17) is 10.2 Å². The zero-order valence-electron chi connectivity index (χ0n) is 7.55. The van der Waals surface area contributed by atoms with Crippen LogP contribution in [0, 0.1) is 0 Å². The van der Waals surface area contributed by atoms with E-state index in [0.717, 1.165) is 0 Å². The second kappa shape index (κ2) is 5.31. The summed E-state index contributed by atoms with van der Waals surface area (Å²) in [5, 5.41) is 19.9. The summed E-state index contributed by atoms with van der Waals surface area (Å²) in [6.45, 7) is -0.593. The highest BCUT2D eigenvalue weighted by molar-refractivity contribution is 5.92. The van der Waals surface area contributed by atoms with Crippen LogP contribution in [-0.4, -0.2) is 40.4 Å². The third kappa shape index (κ3) is 2.79. The number of rotatable bonds is 4. The molecule has 76 valence electrons. The summed E-state index contributed by atoms with van der Waals surface area (Å²) >= 11 is 0. The number of pyridine rings is 1. The van der Waals surface area contributed by atoms with Crippen molar-refractivity contribution >= 4 is 5.91 Å². The summed E-state index contributed by atoms with van der Waals surface area (Å²) in [5.41, 5.74) is 0.263. The number of hydrogen-bond acceptors (Lipinski definition) is 4. The number of carbonyl (C=O) groups excluding carboxylic acids is 1. The highest BCUT2D eigenvalue weighted by Gasteiger charge is 2.11. The van der Waals surface area contributed by atoms with Gasteiger partial charge in [0, 0.05) is 6.20 Å². The van der Waals surface area contributed by atoms with Crippen molar-refractivity contribution in [2.75, 3.05) is 13.2 Å². The van der Waals surface area contributed by atoms with Crippen molar-refractivity contribution < 1.29 is 15.0 Å². The molecule has 0 saturated carbocycles. The molecule has 0 saturated heterocycles. The average Bonchev–Trinajstić information content (AvgIpc) is 2.26. The first kappa shape index (κ1) is 10.6. The van der Waals surface area contributed by atoms with Crippen molar-refractivity contribution in [3.05, 3.63) is 30.1 Å². The molecule has 0 aromatic carbocycles. The Bertz CT molecular complexity index is 285. The molecule has 1 amide bonds. The molecular weight excluding hydrogens is 184 g/mol. The van der Waals surface area contributed by atoms with Crippen molar-refractivity contribution in [2.24, 2.45) is 0 Å². The third-order valence-electron chi connectivity index (χ3n) is 1.67. The Labute approximate surface area is 81.4 Å². The maximum Gasteiger partial charge on any atom is 0.270 e. The molecular formula is C9H12N2O3. The van der Waals surface area contributed by atoms with Crippen LogP contribution in [0.1, 0.15) is 10.5 Å². The Morgan fingerprint density at radius 2 is 2.14 bits per heavy atom. The number of hydrogen-bond donors (Lipinski definition) is 3. The number of carbonyl (C=O) groups is 1. The molecule has 14 heavy (non-hydrogen) atoms. The van der Waals surface area contributed by atoms with Gasteiger partial charge in [-0.25, -0.2) is 0 Å². The number of nitrogens with one attached hydrogen (secondary N) is 1. The minimum absolute atomic E-state index is 0.263. The second-order valence-electron chi connectivity index (χ2n) is 2.75. The third-order valence-corrected chi connectivity index (χ3v) is 1.67. The zero-order chi connectivity index (χ0) is 10.4. The number of nitrogens with zero attached hydrogens (tertiary/aromatic N) is 1. The summed E-state index contributed by atoms with van der Waals surface area (Å²) < 4.78 is 0. The van der Waals surface area contributed by atoms with E-state index in [-0.39, 0.29) is 18.9 Å². The number of aliphatic hydroxyl groups is 2. The normalized spacial score (nSPS) is 10.2. The van der Waals surface area contributed by atoms with Gasteiger partial charge in [0.15, 0.2) is 0 Å². The number of aromatic nitrogens is 1. The molecule has 1 rings (SSSR count). The highest BCUT2D eigenvalue weighted by Crippen LogP contribution is 1.93. The van der Waals surface area contributed by atoms with Crippen LogP contribution >= 0.6 is 0 Å². The highest BCUT2D eigenvalue weighted by atomic mass is 16.3. The first-order chi connectivity index (χ1) is 6.77. The Morgan fingerprint density at radius 1 is 1.43 bits per heavy atom. The van der Waals surface area contributed by atoms with E-state index >= 15 is 0 Å². The Morgan fingerprint density at radius 3 is 2.64 bits per heavy atom. The number of aliphatic hydroxyl groups excluding tert-OH is 2. The van der Waals surface area contributed by atoms with Gasteiger partial charge in [0.1, 0.15) is 5.69 Å². The van der Waals surface area contributed by atoms with E-state index in [1.165, 1.54) is 6.20 Å². The maximum atomic E-state index is 11.4. The summed E-state index contributed by atoms with van der Waals surface area (Å²) in [5.74, 6) is -0.404. The van der Waals surface area contributed by atoms with Crippen LogP contribution in [0.4, 0.5) is 0 Å². The van der Waals surface area contributed by atoms with E-state index in [1.54, 1.807) is 18.2 Å². The van der Waals surface area contributed by atoms with Crippen LogP contribution in [0.25, 0.3) is 0 Å². The van der Waals surface area contributed by atoms with Crippen molar-refractivity contribution in [2.45, 2.75) is 6.04 Å². The molecule has 0 spiro atoms. The quantitative estimate of drug-likeness (QED) is 0.586. The molecule has 1 heterocycles. The molecule has 1 aromatic rings. The first-order valence-corrected chi connectivity index (χ1v) is 4.21. The van der Waals surface area contributed by atoms with Gasteiger partial charge < -0.3 is 15.5 Å². The minimum Gasteiger partial charge on any atom is -0.394 e. The maximum absolute atomic E-state index is 11.4. The monoisotopic (exact) mass is 196 g/mol. The lowest BCUT2D eigenvalue weighted by Crippen LogP contribution is -2.40. The fraction of sp³-hybridized carbons (Fsp3) is 0.333.